The Hall–Kier alpha value is -2.91. The van der Waals surface area contributed by atoms with Gasteiger partial charge >= 0.3 is 0 Å². The van der Waals surface area contributed by atoms with Crippen LogP contribution in [0.25, 0.3) is 0 Å². The number of Topliss-reactive ketones (excluding diaryl/α,β-unsaturated/α-hetero) is 1. The second-order valence-electron chi connectivity index (χ2n) is 8.66. The predicted octanol–water partition coefficient (Wildman–Crippen LogP) is 4.12. The smallest absolute Gasteiger partial charge is 0.196 e. The van der Waals surface area contributed by atoms with Crippen LogP contribution >= 0.6 is 11.8 Å². The molecular weight excluding hydrogens is 434 g/mol. The van der Waals surface area contributed by atoms with Crippen molar-refractivity contribution >= 4 is 35.0 Å². The summed E-state index contributed by atoms with van der Waals surface area (Å²) in [5, 5.41) is 14.3. The third-order valence-electron chi connectivity index (χ3n) is 5.95. The minimum absolute atomic E-state index is 0.300. The molecule has 1 saturated carbocycles. The molecule has 0 bridgehead atoms. The molecule has 2 fully saturated rings. The molecule has 1 saturated heterocycles. The molecule has 3 heterocycles. The van der Waals surface area contributed by atoms with Gasteiger partial charge in [0.05, 0.1) is 6.20 Å². The second kappa shape index (κ2) is 10.4. The molecule has 3 N–H and O–H groups in total. The Morgan fingerprint density at radius 1 is 1.09 bits per heavy atom. The van der Waals surface area contributed by atoms with E-state index in [-0.39, 0.29) is 0 Å². The number of anilines is 3. The van der Waals surface area contributed by atoms with Gasteiger partial charge in [-0.25, -0.2) is 9.97 Å². The van der Waals surface area contributed by atoms with Crippen LogP contribution < -0.4 is 10.6 Å². The first-order valence-corrected chi connectivity index (χ1v) is 12.4. The summed E-state index contributed by atoms with van der Waals surface area (Å²) in [6, 6.07) is 11.9. The predicted molar refractivity (Wildman–Crippen MR) is 130 cm³/mol. The highest BCUT2D eigenvalue weighted by Gasteiger charge is 2.29. The molecule has 1 aliphatic carbocycles. The molecule has 2 aromatic heterocycles. The maximum absolute atomic E-state index is 12.1. The van der Waals surface area contributed by atoms with Crippen LogP contribution in [0, 0.1) is 5.92 Å². The van der Waals surface area contributed by atoms with Crippen molar-refractivity contribution < 1.29 is 4.79 Å². The Bertz CT molecular complexity index is 1060. The lowest BCUT2D eigenvalue weighted by Gasteiger charge is -2.15. The summed E-state index contributed by atoms with van der Waals surface area (Å²) >= 11 is 1.51. The van der Waals surface area contributed by atoms with Crippen molar-refractivity contribution in [3.8, 4) is 0 Å². The summed E-state index contributed by atoms with van der Waals surface area (Å²) < 4.78 is 0. The highest BCUT2D eigenvalue weighted by Crippen LogP contribution is 2.32. The van der Waals surface area contributed by atoms with E-state index in [1.807, 2.05) is 36.4 Å². The van der Waals surface area contributed by atoms with Crippen LogP contribution in [0.1, 0.15) is 31.2 Å². The molecule has 0 radical (unpaired) electrons. The summed E-state index contributed by atoms with van der Waals surface area (Å²) in [6.45, 7) is 4.22. The standard InChI is InChI=1S/C24H29N7OS/c32-20(18-5-6-18)15-17-3-7-19(8-4-17)33-24-28-22(25-11-14-31-12-1-2-13-31)16-23(29-24)27-21-9-10-26-30-21/h3-4,7-10,16,18H,1-2,5-6,11-15H2,(H3,25,26,27,28,29,30). The van der Waals surface area contributed by atoms with Gasteiger partial charge in [0.25, 0.3) is 0 Å². The molecule has 2 aliphatic rings. The van der Waals surface area contributed by atoms with Gasteiger partial charge in [0.2, 0.25) is 0 Å². The number of H-pyrrole nitrogens is 1. The number of rotatable bonds is 11. The van der Waals surface area contributed by atoms with E-state index in [4.69, 9.17) is 4.98 Å². The molecular formula is C24H29N7OS. The second-order valence-corrected chi connectivity index (χ2v) is 9.70. The molecule has 172 valence electrons. The molecule has 1 aromatic carbocycles. The molecule has 0 unspecified atom stereocenters. The fourth-order valence-corrected chi connectivity index (χ4v) is 4.74. The molecule has 0 amide bonds. The summed E-state index contributed by atoms with van der Waals surface area (Å²) in [5.41, 5.74) is 1.07. The molecule has 3 aromatic rings. The largest absolute Gasteiger partial charge is 0.369 e. The van der Waals surface area contributed by atoms with E-state index in [0.29, 0.717) is 29.1 Å². The number of hydrogen-bond donors (Lipinski definition) is 3. The molecule has 5 rings (SSSR count). The van der Waals surface area contributed by atoms with E-state index in [1.165, 1.54) is 37.7 Å². The van der Waals surface area contributed by atoms with Crippen molar-refractivity contribution in [3.05, 3.63) is 48.2 Å². The van der Waals surface area contributed by atoms with E-state index in [0.717, 1.165) is 48.0 Å². The number of carbonyl (C=O) groups is 1. The van der Waals surface area contributed by atoms with Gasteiger partial charge in [0.1, 0.15) is 23.2 Å². The summed E-state index contributed by atoms with van der Waals surface area (Å²) in [4.78, 5) is 25.0. The fraction of sp³-hybridized carbons (Fsp3) is 0.417. The highest BCUT2D eigenvalue weighted by atomic mass is 32.2. The molecule has 33 heavy (non-hydrogen) atoms. The minimum Gasteiger partial charge on any atom is -0.369 e. The third-order valence-corrected chi connectivity index (χ3v) is 6.82. The number of hydrogen-bond acceptors (Lipinski definition) is 8. The minimum atomic E-state index is 0.300. The van der Waals surface area contributed by atoms with Crippen LogP contribution in [-0.2, 0) is 11.2 Å². The molecule has 0 spiro atoms. The van der Waals surface area contributed by atoms with Crippen molar-refractivity contribution in [2.75, 3.05) is 36.8 Å². The summed E-state index contributed by atoms with van der Waals surface area (Å²) in [5.74, 6) is 2.93. The Balaban J connectivity index is 1.26. The first-order chi connectivity index (χ1) is 16.2. The van der Waals surface area contributed by atoms with E-state index in [2.05, 4.69) is 30.7 Å². The number of aromatic nitrogens is 4. The van der Waals surface area contributed by atoms with Gasteiger partial charge in [-0.2, -0.15) is 5.10 Å². The molecule has 8 nitrogen and oxygen atoms in total. The van der Waals surface area contributed by atoms with E-state index in [1.54, 1.807) is 6.20 Å². The van der Waals surface area contributed by atoms with Gasteiger partial charge < -0.3 is 15.5 Å². The molecule has 1 aliphatic heterocycles. The average Bonchev–Trinajstić information content (AvgIpc) is 3.30. The lowest BCUT2D eigenvalue weighted by atomic mass is 10.1. The number of ketones is 1. The van der Waals surface area contributed by atoms with E-state index < -0.39 is 0 Å². The lowest BCUT2D eigenvalue weighted by molar-refractivity contribution is -0.119. The summed E-state index contributed by atoms with van der Waals surface area (Å²) in [7, 11) is 0. The zero-order chi connectivity index (χ0) is 22.5. The average molecular weight is 464 g/mol. The van der Waals surface area contributed by atoms with Crippen LogP contribution in [0.3, 0.4) is 0 Å². The first kappa shape index (κ1) is 21.9. The van der Waals surface area contributed by atoms with Crippen molar-refractivity contribution in [1.82, 2.24) is 25.1 Å². The van der Waals surface area contributed by atoms with Crippen molar-refractivity contribution in [1.29, 1.82) is 0 Å². The van der Waals surface area contributed by atoms with Gasteiger partial charge in [0, 0.05) is 42.5 Å². The number of carbonyl (C=O) groups excluding carboxylic acids is 1. The van der Waals surface area contributed by atoms with Gasteiger partial charge in [-0.3, -0.25) is 9.89 Å². The number of likely N-dealkylation sites (tertiary alicyclic amines) is 1. The first-order valence-electron chi connectivity index (χ1n) is 11.6. The van der Waals surface area contributed by atoms with Gasteiger partial charge in [-0.15, -0.1) is 0 Å². The maximum atomic E-state index is 12.1. The number of benzene rings is 1. The van der Waals surface area contributed by atoms with Crippen LogP contribution in [-0.4, -0.2) is 57.0 Å². The molecule has 0 atom stereocenters. The number of nitrogens with zero attached hydrogens (tertiary/aromatic N) is 4. The van der Waals surface area contributed by atoms with Crippen LogP contribution in [0.2, 0.25) is 0 Å². The topological polar surface area (TPSA) is 98.8 Å². The molecule has 9 heteroatoms. The van der Waals surface area contributed by atoms with Crippen molar-refractivity contribution in [2.24, 2.45) is 5.92 Å². The Labute approximate surface area is 198 Å². The normalized spacial score (nSPS) is 16.1. The van der Waals surface area contributed by atoms with Crippen LogP contribution in [0.5, 0.6) is 0 Å². The van der Waals surface area contributed by atoms with E-state index >= 15 is 0 Å². The third kappa shape index (κ3) is 6.33. The van der Waals surface area contributed by atoms with Gasteiger partial charge in [0.15, 0.2) is 5.16 Å². The summed E-state index contributed by atoms with van der Waals surface area (Å²) in [6.07, 6.45) is 6.92. The monoisotopic (exact) mass is 463 g/mol. The zero-order valence-corrected chi connectivity index (χ0v) is 19.4. The zero-order valence-electron chi connectivity index (χ0n) is 18.6. The van der Waals surface area contributed by atoms with Crippen LogP contribution in [0.15, 0.2) is 52.6 Å². The van der Waals surface area contributed by atoms with Crippen molar-refractivity contribution in [3.63, 3.8) is 0 Å². The van der Waals surface area contributed by atoms with E-state index in [9.17, 15) is 4.79 Å². The van der Waals surface area contributed by atoms with Gasteiger partial charge in [-0.05, 0) is 68.2 Å². The van der Waals surface area contributed by atoms with Crippen LogP contribution in [0.4, 0.5) is 17.5 Å². The number of aromatic amines is 1. The Morgan fingerprint density at radius 3 is 2.61 bits per heavy atom. The Morgan fingerprint density at radius 2 is 1.88 bits per heavy atom. The SMILES string of the molecule is O=C(Cc1ccc(Sc2nc(NCCN3CCCC3)cc(Nc3ccn[nH]3)n2)cc1)C1CC1. The maximum Gasteiger partial charge on any atom is 0.196 e. The lowest BCUT2D eigenvalue weighted by Crippen LogP contribution is -2.26. The van der Waals surface area contributed by atoms with Crippen molar-refractivity contribution in [2.45, 2.75) is 42.2 Å². The quantitative estimate of drug-likeness (QED) is 0.365. The Kier molecular flexibility index (Phi) is 6.87. The fourth-order valence-electron chi connectivity index (χ4n) is 3.97. The van der Waals surface area contributed by atoms with Gasteiger partial charge in [-0.1, -0.05) is 12.1 Å². The highest BCUT2D eigenvalue weighted by molar-refractivity contribution is 7.99. The number of nitrogens with one attached hydrogen (secondary N) is 3.